The van der Waals surface area contributed by atoms with E-state index in [1.54, 1.807) is 0 Å². The summed E-state index contributed by atoms with van der Waals surface area (Å²) in [4.78, 5) is 15.8. The minimum atomic E-state index is -4.71. The highest BCUT2D eigenvalue weighted by Gasteiger charge is 2.36. The quantitative estimate of drug-likeness (QED) is 0.655. The predicted molar refractivity (Wildman–Crippen MR) is 90.1 cm³/mol. The van der Waals surface area contributed by atoms with E-state index in [4.69, 9.17) is 0 Å². The summed E-state index contributed by atoms with van der Waals surface area (Å²) in [5, 5.41) is 3.91. The van der Waals surface area contributed by atoms with E-state index in [0.717, 1.165) is 6.07 Å². The lowest BCUT2D eigenvalue weighted by atomic mass is 9.94. The van der Waals surface area contributed by atoms with Crippen LogP contribution in [0.1, 0.15) is 21.6 Å². The zero-order chi connectivity index (χ0) is 18.7. The molecular weight excluding hydrogens is 368 g/mol. The third kappa shape index (κ3) is 3.75. The van der Waals surface area contributed by atoms with Gasteiger partial charge in [-0.25, -0.2) is 9.37 Å². The molecule has 0 unspecified atom stereocenters. The molecule has 0 bridgehead atoms. The molecule has 3 aromatic rings. The first-order chi connectivity index (χ1) is 12.4. The Bertz CT molecular complexity index is 923. The van der Waals surface area contributed by atoms with Crippen LogP contribution in [0, 0.1) is 5.82 Å². The molecule has 0 saturated carbocycles. The number of alkyl halides is 3. The zero-order valence-electron chi connectivity index (χ0n) is 13.2. The average molecular weight is 380 g/mol. The van der Waals surface area contributed by atoms with Crippen molar-refractivity contribution in [2.24, 2.45) is 0 Å². The number of halogens is 4. The molecule has 1 aromatic heterocycles. The van der Waals surface area contributed by atoms with E-state index >= 15 is 0 Å². The van der Waals surface area contributed by atoms with Gasteiger partial charge in [-0.05, 0) is 17.2 Å². The minimum absolute atomic E-state index is 0.133. The number of thiazole rings is 1. The normalized spacial score (nSPS) is 11.4. The second-order valence-corrected chi connectivity index (χ2v) is 6.09. The molecule has 26 heavy (non-hydrogen) atoms. The van der Waals surface area contributed by atoms with Crippen LogP contribution in [-0.2, 0) is 12.7 Å². The fourth-order valence-electron chi connectivity index (χ4n) is 2.58. The van der Waals surface area contributed by atoms with Gasteiger partial charge in [0.15, 0.2) is 0 Å². The number of nitrogens with one attached hydrogen (secondary N) is 1. The summed E-state index contributed by atoms with van der Waals surface area (Å²) in [7, 11) is 0. The SMILES string of the molecule is O=C(NCc1cccc(-c2ccccc2F)c1C(F)(F)F)c1cscn1. The van der Waals surface area contributed by atoms with E-state index in [-0.39, 0.29) is 28.9 Å². The van der Waals surface area contributed by atoms with Crippen LogP contribution in [0.4, 0.5) is 17.6 Å². The lowest BCUT2D eigenvalue weighted by molar-refractivity contribution is -0.137. The molecule has 2 aromatic carbocycles. The number of benzene rings is 2. The lowest BCUT2D eigenvalue weighted by Crippen LogP contribution is -2.25. The van der Waals surface area contributed by atoms with E-state index in [1.807, 2.05) is 0 Å². The van der Waals surface area contributed by atoms with Crippen molar-refractivity contribution in [2.45, 2.75) is 12.7 Å². The predicted octanol–water partition coefficient (Wildman–Crippen LogP) is 4.90. The van der Waals surface area contributed by atoms with Crippen LogP contribution in [0.25, 0.3) is 11.1 Å². The molecule has 0 atom stereocenters. The van der Waals surface area contributed by atoms with Crippen LogP contribution >= 0.6 is 11.3 Å². The Balaban J connectivity index is 1.99. The molecule has 1 N–H and O–H groups in total. The van der Waals surface area contributed by atoms with Gasteiger partial charge in [0.05, 0.1) is 11.1 Å². The maximum Gasteiger partial charge on any atom is 0.417 e. The summed E-state index contributed by atoms with van der Waals surface area (Å²) in [6.07, 6.45) is -4.71. The molecule has 3 nitrogen and oxygen atoms in total. The highest BCUT2D eigenvalue weighted by molar-refractivity contribution is 7.07. The van der Waals surface area contributed by atoms with Crippen molar-refractivity contribution in [1.29, 1.82) is 0 Å². The number of hydrogen-bond donors (Lipinski definition) is 1. The fraction of sp³-hybridized carbons (Fsp3) is 0.111. The van der Waals surface area contributed by atoms with Crippen molar-refractivity contribution in [2.75, 3.05) is 0 Å². The van der Waals surface area contributed by atoms with Gasteiger partial charge in [-0.1, -0.05) is 36.4 Å². The molecule has 0 radical (unpaired) electrons. The second-order valence-electron chi connectivity index (χ2n) is 5.37. The topological polar surface area (TPSA) is 42.0 Å². The summed E-state index contributed by atoms with van der Waals surface area (Å²) in [6, 6.07) is 9.14. The minimum Gasteiger partial charge on any atom is -0.347 e. The third-order valence-electron chi connectivity index (χ3n) is 3.70. The van der Waals surface area contributed by atoms with Crippen molar-refractivity contribution in [3.05, 3.63) is 76.0 Å². The van der Waals surface area contributed by atoms with Crippen molar-refractivity contribution in [3.63, 3.8) is 0 Å². The van der Waals surface area contributed by atoms with Crippen LogP contribution in [0.2, 0.25) is 0 Å². The molecule has 1 heterocycles. The number of rotatable bonds is 4. The van der Waals surface area contributed by atoms with E-state index in [2.05, 4.69) is 10.3 Å². The highest BCUT2D eigenvalue weighted by atomic mass is 32.1. The van der Waals surface area contributed by atoms with Gasteiger partial charge in [-0.15, -0.1) is 11.3 Å². The summed E-state index contributed by atoms with van der Waals surface area (Å²) in [5.41, 5.74) is 0.0531. The van der Waals surface area contributed by atoms with Crippen molar-refractivity contribution < 1.29 is 22.4 Å². The van der Waals surface area contributed by atoms with Gasteiger partial charge in [0, 0.05) is 17.5 Å². The standard InChI is InChI=1S/C18H12F4N2OS/c19-14-7-2-1-5-12(14)13-6-3-4-11(16(13)18(20,21)22)8-23-17(25)15-9-26-10-24-15/h1-7,9-10H,8H2,(H,23,25). The second kappa shape index (κ2) is 7.25. The number of aromatic nitrogens is 1. The van der Waals surface area contributed by atoms with Gasteiger partial charge in [0.1, 0.15) is 11.5 Å². The first-order valence-corrected chi connectivity index (χ1v) is 8.42. The van der Waals surface area contributed by atoms with Gasteiger partial charge in [0.2, 0.25) is 0 Å². The van der Waals surface area contributed by atoms with Crippen LogP contribution in [0.5, 0.6) is 0 Å². The summed E-state index contributed by atoms with van der Waals surface area (Å²) in [5.74, 6) is -1.32. The number of carbonyl (C=O) groups is 1. The Hall–Kier alpha value is -2.74. The molecule has 0 aliphatic heterocycles. The van der Waals surface area contributed by atoms with Gasteiger partial charge < -0.3 is 5.32 Å². The summed E-state index contributed by atoms with van der Waals surface area (Å²) >= 11 is 1.20. The molecule has 0 fully saturated rings. The van der Waals surface area contributed by atoms with Crippen molar-refractivity contribution in [1.82, 2.24) is 10.3 Å². The van der Waals surface area contributed by atoms with Crippen LogP contribution in [-0.4, -0.2) is 10.9 Å². The molecule has 0 saturated heterocycles. The van der Waals surface area contributed by atoms with E-state index in [1.165, 1.54) is 58.6 Å². The largest absolute Gasteiger partial charge is 0.417 e. The molecule has 8 heteroatoms. The molecule has 134 valence electrons. The number of hydrogen-bond acceptors (Lipinski definition) is 3. The molecular formula is C18H12F4N2OS. The van der Waals surface area contributed by atoms with Gasteiger partial charge >= 0.3 is 6.18 Å². The monoisotopic (exact) mass is 380 g/mol. The van der Waals surface area contributed by atoms with E-state index < -0.39 is 23.5 Å². The smallest absolute Gasteiger partial charge is 0.347 e. The van der Waals surface area contributed by atoms with Crippen molar-refractivity contribution >= 4 is 17.2 Å². The third-order valence-corrected chi connectivity index (χ3v) is 4.29. The first kappa shape index (κ1) is 18.1. The maximum atomic E-state index is 14.0. The first-order valence-electron chi connectivity index (χ1n) is 7.48. The molecule has 1 amide bonds. The van der Waals surface area contributed by atoms with Gasteiger partial charge in [-0.3, -0.25) is 4.79 Å². The molecule has 0 aliphatic rings. The number of nitrogens with zero attached hydrogens (tertiary/aromatic N) is 1. The Kier molecular flexibility index (Phi) is 5.03. The van der Waals surface area contributed by atoms with Crippen molar-refractivity contribution in [3.8, 4) is 11.1 Å². The molecule has 0 spiro atoms. The van der Waals surface area contributed by atoms with Gasteiger partial charge in [-0.2, -0.15) is 13.2 Å². The van der Waals surface area contributed by atoms with Crippen LogP contribution < -0.4 is 5.32 Å². The maximum absolute atomic E-state index is 14.0. The Morgan fingerprint density at radius 2 is 1.81 bits per heavy atom. The van der Waals surface area contributed by atoms with Crippen LogP contribution in [0.15, 0.2) is 53.4 Å². The highest BCUT2D eigenvalue weighted by Crippen LogP contribution is 2.40. The van der Waals surface area contributed by atoms with E-state index in [0.29, 0.717) is 0 Å². The number of amides is 1. The van der Waals surface area contributed by atoms with Gasteiger partial charge in [0.25, 0.3) is 5.91 Å². The molecule has 3 rings (SSSR count). The Labute approximate surface area is 150 Å². The fourth-order valence-corrected chi connectivity index (χ4v) is 3.11. The average Bonchev–Trinajstić information content (AvgIpc) is 3.13. The zero-order valence-corrected chi connectivity index (χ0v) is 14.0. The summed E-state index contributed by atoms with van der Waals surface area (Å²) < 4.78 is 55.1. The van der Waals surface area contributed by atoms with E-state index in [9.17, 15) is 22.4 Å². The molecule has 0 aliphatic carbocycles. The number of carbonyl (C=O) groups excluding carboxylic acids is 1. The van der Waals surface area contributed by atoms with Crippen LogP contribution in [0.3, 0.4) is 0 Å². The Morgan fingerprint density at radius 1 is 1.08 bits per heavy atom. The Morgan fingerprint density at radius 3 is 2.46 bits per heavy atom. The lowest BCUT2D eigenvalue weighted by Gasteiger charge is -2.18. The summed E-state index contributed by atoms with van der Waals surface area (Å²) in [6.45, 7) is -0.354.